The topological polar surface area (TPSA) is 26.9 Å². The van der Waals surface area contributed by atoms with Gasteiger partial charge in [0.2, 0.25) is 0 Å². The summed E-state index contributed by atoms with van der Waals surface area (Å²) in [5.74, 6) is 0.365. The molecule has 3 heteroatoms. The summed E-state index contributed by atoms with van der Waals surface area (Å²) in [5.41, 5.74) is 1.01. The van der Waals surface area contributed by atoms with E-state index in [9.17, 15) is 5.21 Å². The van der Waals surface area contributed by atoms with E-state index in [0.29, 0.717) is 15.7 Å². The Morgan fingerprint density at radius 2 is 2.18 bits per heavy atom. The zero-order valence-corrected chi connectivity index (χ0v) is 7.30. The highest BCUT2D eigenvalue weighted by Gasteiger charge is 2.06. The summed E-state index contributed by atoms with van der Waals surface area (Å²) < 4.78 is 0.703. The number of halogens is 1. The molecule has 1 aromatic rings. The number of rotatable bonds is 1. The molecular formula is C8H10ClNO. The predicted molar refractivity (Wildman–Crippen MR) is 44.5 cm³/mol. The van der Waals surface area contributed by atoms with Gasteiger partial charge in [0.1, 0.15) is 5.02 Å². The molecule has 0 atom stereocenters. The van der Waals surface area contributed by atoms with E-state index in [4.69, 9.17) is 11.6 Å². The van der Waals surface area contributed by atoms with Crippen LogP contribution in [0.3, 0.4) is 0 Å². The molecule has 0 aliphatic rings. The van der Waals surface area contributed by atoms with E-state index < -0.39 is 0 Å². The molecule has 0 saturated heterocycles. The molecule has 0 spiro atoms. The van der Waals surface area contributed by atoms with Gasteiger partial charge in [0, 0.05) is 6.07 Å². The van der Waals surface area contributed by atoms with Gasteiger partial charge in [0.05, 0.1) is 0 Å². The average Bonchev–Trinajstić information content (AvgIpc) is 1.85. The van der Waals surface area contributed by atoms with Gasteiger partial charge in [-0.05, 0) is 11.5 Å². The van der Waals surface area contributed by atoms with E-state index in [1.807, 2.05) is 13.8 Å². The fourth-order valence-electron chi connectivity index (χ4n) is 0.931. The summed E-state index contributed by atoms with van der Waals surface area (Å²) in [4.78, 5) is 0. The first-order valence-corrected chi connectivity index (χ1v) is 3.87. The molecule has 1 rings (SSSR count). The minimum atomic E-state index is 0.365. The van der Waals surface area contributed by atoms with Gasteiger partial charge >= 0.3 is 0 Å². The molecule has 2 nitrogen and oxygen atoms in total. The molecule has 0 bridgehead atoms. The predicted octanol–water partition coefficient (Wildman–Crippen LogP) is 2.10. The van der Waals surface area contributed by atoms with Crippen molar-refractivity contribution in [3.05, 3.63) is 34.3 Å². The maximum atomic E-state index is 10.7. The molecule has 0 saturated carbocycles. The molecule has 0 unspecified atom stereocenters. The number of hydrogen-bond donors (Lipinski definition) is 0. The summed E-state index contributed by atoms with van der Waals surface area (Å²) in [6, 6.07) is 1.75. The lowest BCUT2D eigenvalue weighted by molar-refractivity contribution is -0.605. The highest BCUT2D eigenvalue weighted by Crippen LogP contribution is 2.21. The van der Waals surface area contributed by atoms with E-state index in [0.717, 1.165) is 5.56 Å². The van der Waals surface area contributed by atoms with Gasteiger partial charge in [-0.3, -0.25) is 0 Å². The molecule has 0 aliphatic heterocycles. The van der Waals surface area contributed by atoms with E-state index in [2.05, 4.69) is 0 Å². The fourth-order valence-corrected chi connectivity index (χ4v) is 1.31. The Morgan fingerprint density at radius 3 is 2.64 bits per heavy atom. The van der Waals surface area contributed by atoms with Crippen LogP contribution in [0, 0.1) is 5.21 Å². The molecule has 60 valence electrons. The van der Waals surface area contributed by atoms with Crippen molar-refractivity contribution in [2.75, 3.05) is 0 Å². The van der Waals surface area contributed by atoms with Crippen LogP contribution in [0.2, 0.25) is 5.02 Å². The number of nitrogens with zero attached hydrogens (tertiary/aromatic N) is 1. The third-order valence-electron chi connectivity index (χ3n) is 1.54. The van der Waals surface area contributed by atoms with Gasteiger partial charge in [-0.2, -0.15) is 4.73 Å². The van der Waals surface area contributed by atoms with Crippen LogP contribution in [-0.4, -0.2) is 0 Å². The highest BCUT2D eigenvalue weighted by atomic mass is 35.5. The second kappa shape index (κ2) is 3.09. The summed E-state index contributed by atoms with van der Waals surface area (Å²) in [6.45, 7) is 4.08. The van der Waals surface area contributed by atoms with Crippen molar-refractivity contribution in [2.45, 2.75) is 19.8 Å². The van der Waals surface area contributed by atoms with Crippen LogP contribution in [0.1, 0.15) is 25.3 Å². The Morgan fingerprint density at radius 1 is 1.55 bits per heavy atom. The van der Waals surface area contributed by atoms with Crippen molar-refractivity contribution in [3.8, 4) is 0 Å². The summed E-state index contributed by atoms with van der Waals surface area (Å²) >= 11 is 5.80. The van der Waals surface area contributed by atoms with Gasteiger partial charge < -0.3 is 5.21 Å². The van der Waals surface area contributed by atoms with Crippen molar-refractivity contribution in [2.24, 2.45) is 0 Å². The summed E-state index contributed by atoms with van der Waals surface area (Å²) in [6.07, 6.45) is 2.83. The quantitative estimate of drug-likeness (QED) is 0.470. The molecule has 0 fully saturated rings. The maximum absolute atomic E-state index is 10.7. The molecule has 0 N–H and O–H groups in total. The van der Waals surface area contributed by atoms with Crippen LogP contribution in [0.25, 0.3) is 0 Å². The van der Waals surface area contributed by atoms with E-state index >= 15 is 0 Å². The second-order valence-electron chi connectivity index (χ2n) is 2.76. The molecular weight excluding hydrogens is 162 g/mol. The van der Waals surface area contributed by atoms with Crippen LogP contribution in [0.15, 0.2) is 18.5 Å². The van der Waals surface area contributed by atoms with Crippen LogP contribution >= 0.6 is 11.6 Å². The third-order valence-corrected chi connectivity index (χ3v) is 1.86. The second-order valence-corrected chi connectivity index (χ2v) is 3.17. The van der Waals surface area contributed by atoms with Crippen molar-refractivity contribution in [3.63, 3.8) is 0 Å². The smallest absolute Gasteiger partial charge is 0.199 e. The van der Waals surface area contributed by atoms with Crippen LogP contribution < -0.4 is 4.73 Å². The summed E-state index contributed by atoms with van der Waals surface area (Å²) in [5, 5.41) is 11.2. The summed E-state index contributed by atoms with van der Waals surface area (Å²) in [7, 11) is 0. The highest BCUT2D eigenvalue weighted by molar-refractivity contribution is 6.31. The van der Waals surface area contributed by atoms with Gasteiger partial charge in [-0.1, -0.05) is 25.4 Å². The molecule has 11 heavy (non-hydrogen) atoms. The van der Waals surface area contributed by atoms with Gasteiger partial charge in [0.15, 0.2) is 12.4 Å². The number of aromatic nitrogens is 1. The molecule has 0 aliphatic carbocycles. The van der Waals surface area contributed by atoms with Crippen molar-refractivity contribution < 1.29 is 4.73 Å². The Kier molecular flexibility index (Phi) is 2.35. The maximum Gasteiger partial charge on any atom is 0.199 e. The minimum absolute atomic E-state index is 0.365. The number of hydrogen-bond acceptors (Lipinski definition) is 1. The lowest BCUT2D eigenvalue weighted by Gasteiger charge is -2.05. The van der Waals surface area contributed by atoms with Crippen LogP contribution in [0.5, 0.6) is 0 Å². The van der Waals surface area contributed by atoms with E-state index in [-0.39, 0.29) is 0 Å². The number of pyridine rings is 1. The monoisotopic (exact) mass is 171 g/mol. The normalized spacial score (nSPS) is 10.5. The molecule has 0 aromatic carbocycles. The van der Waals surface area contributed by atoms with Crippen LogP contribution in [0.4, 0.5) is 0 Å². The van der Waals surface area contributed by atoms with E-state index in [1.54, 1.807) is 6.07 Å². The van der Waals surface area contributed by atoms with Gasteiger partial charge in [-0.15, -0.1) is 0 Å². The first-order chi connectivity index (χ1) is 5.11. The zero-order valence-electron chi connectivity index (χ0n) is 6.54. The van der Waals surface area contributed by atoms with Gasteiger partial charge in [0.25, 0.3) is 0 Å². The van der Waals surface area contributed by atoms with Crippen LogP contribution in [-0.2, 0) is 0 Å². The average molecular weight is 172 g/mol. The lowest BCUT2D eigenvalue weighted by Crippen LogP contribution is -2.24. The fraction of sp³-hybridized carbons (Fsp3) is 0.375. The Labute approximate surface area is 71.0 Å². The molecule has 1 aromatic heterocycles. The van der Waals surface area contributed by atoms with Crippen molar-refractivity contribution >= 4 is 11.6 Å². The zero-order chi connectivity index (χ0) is 8.43. The largest absolute Gasteiger partial charge is 0.619 e. The SMILES string of the molecule is CC(C)c1cc[n+]([O-])cc1Cl. The lowest BCUT2D eigenvalue weighted by atomic mass is 10.1. The minimum Gasteiger partial charge on any atom is -0.619 e. The van der Waals surface area contributed by atoms with Crippen molar-refractivity contribution in [1.29, 1.82) is 0 Å². The molecule has 0 amide bonds. The molecule has 0 radical (unpaired) electrons. The van der Waals surface area contributed by atoms with Crippen molar-refractivity contribution in [1.82, 2.24) is 0 Å². The van der Waals surface area contributed by atoms with Gasteiger partial charge in [-0.25, -0.2) is 0 Å². The third kappa shape index (κ3) is 1.84. The Bertz CT molecular complexity index is 260. The molecule has 1 heterocycles. The Hall–Kier alpha value is -0.760. The standard InChI is InChI=1S/C8H10ClNO/c1-6(2)7-3-4-10(11)5-8(7)9/h3-6H,1-2H3. The first kappa shape index (κ1) is 8.34. The van der Waals surface area contributed by atoms with E-state index in [1.165, 1.54) is 12.4 Å². The Balaban J connectivity index is 3.09. The first-order valence-electron chi connectivity index (χ1n) is 3.49.